The van der Waals surface area contributed by atoms with Gasteiger partial charge in [-0.05, 0) is 17.7 Å². The SMILES string of the molecule is COC(=O)c1[nH]c2cccc(OC)c2c1NC(=O)CN1CCN(C/C=C/c2ccccc2)CC1. The van der Waals surface area contributed by atoms with Crippen LogP contribution in [0.2, 0.25) is 0 Å². The molecule has 1 amide bonds. The number of rotatable bonds is 8. The summed E-state index contributed by atoms with van der Waals surface area (Å²) in [5, 5.41) is 3.56. The highest BCUT2D eigenvalue weighted by molar-refractivity contribution is 6.13. The zero-order valence-electron chi connectivity index (χ0n) is 19.5. The first-order chi connectivity index (χ1) is 16.6. The predicted molar refractivity (Wildman–Crippen MR) is 133 cm³/mol. The van der Waals surface area contributed by atoms with Gasteiger partial charge < -0.3 is 19.8 Å². The van der Waals surface area contributed by atoms with E-state index in [1.165, 1.54) is 12.7 Å². The van der Waals surface area contributed by atoms with Crippen LogP contribution in [0.5, 0.6) is 5.75 Å². The van der Waals surface area contributed by atoms with Crippen LogP contribution >= 0.6 is 0 Å². The molecule has 1 saturated heterocycles. The number of fused-ring (bicyclic) bond motifs is 1. The fraction of sp³-hybridized carbons (Fsp3) is 0.308. The molecule has 0 atom stereocenters. The normalized spacial score (nSPS) is 15.0. The van der Waals surface area contributed by atoms with E-state index in [0.717, 1.165) is 32.7 Å². The summed E-state index contributed by atoms with van der Waals surface area (Å²) in [5.74, 6) is -0.170. The zero-order valence-corrected chi connectivity index (χ0v) is 19.5. The Morgan fingerprint density at radius 2 is 1.74 bits per heavy atom. The summed E-state index contributed by atoms with van der Waals surface area (Å²) in [6, 6.07) is 15.7. The van der Waals surface area contributed by atoms with Crippen molar-refractivity contribution >= 4 is 34.5 Å². The third kappa shape index (κ3) is 5.47. The smallest absolute Gasteiger partial charge is 0.356 e. The molecule has 4 rings (SSSR count). The maximum Gasteiger partial charge on any atom is 0.356 e. The Labute approximate surface area is 199 Å². The summed E-state index contributed by atoms with van der Waals surface area (Å²) in [6.07, 6.45) is 4.31. The molecule has 178 valence electrons. The molecule has 0 aliphatic carbocycles. The first kappa shape index (κ1) is 23.5. The van der Waals surface area contributed by atoms with Gasteiger partial charge in [-0.1, -0.05) is 48.6 Å². The van der Waals surface area contributed by atoms with Gasteiger partial charge in [0, 0.05) is 32.7 Å². The van der Waals surface area contributed by atoms with Crippen LogP contribution in [-0.2, 0) is 9.53 Å². The van der Waals surface area contributed by atoms with Crippen molar-refractivity contribution in [2.45, 2.75) is 0 Å². The Morgan fingerprint density at radius 1 is 1.00 bits per heavy atom. The second-order valence-electron chi connectivity index (χ2n) is 8.19. The minimum absolute atomic E-state index is 0.186. The van der Waals surface area contributed by atoms with E-state index < -0.39 is 5.97 Å². The molecule has 8 heteroatoms. The lowest BCUT2D eigenvalue weighted by Gasteiger charge is -2.33. The second kappa shape index (κ2) is 11.0. The summed E-state index contributed by atoms with van der Waals surface area (Å²) in [7, 11) is 2.87. The third-order valence-corrected chi connectivity index (χ3v) is 5.97. The Bertz CT molecular complexity index is 1160. The van der Waals surface area contributed by atoms with Gasteiger partial charge in [0.05, 0.1) is 37.4 Å². The molecular weight excluding hydrogens is 432 g/mol. The maximum atomic E-state index is 12.9. The van der Waals surface area contributed by atoms with Crippen LogP contribution in [0, 0.1) is 0 Å². The number of nitrogens with one attached hydrogen (secondary N) is 2. The molecule has 34 heavy (non-hydrogen) atoms. The summed E-state index contributed by atoms with van der Waals surface area (Å²) < 4.78 is 10.4. The number of ether oxygens (including phenoxy) is 2. The van der Waals surface area contributed by atoms with E-state index in [2.05, 4.69) is 44.4 Å². The Kier molecular flexibility index (Phi) is 7.61. The Balaban J connectivity index is 1.35. The van der Waals surface area contributed by atoms with Gasteiger partial charge in [0.15, 0.2) is 0 Å². The minimum Gasteiger partial charge on any atom is -0.496 e. The van der Waals surface area contributed by atoms with Crippen molar-refractivity contribution in [3.05, 3.63) is 65.9 Å². The molecule has 1 fully saturated rings. The molecule has 2 N–H and O–H groups in total. The van der Waals surface area contributed by atoms with Crippen LogP contribution in [-0.4, -0.2) is 80.1 Å². The number of H-pyrrole nitrogens is 1. The number of hydrogen-bond acceptors (Lipinski definition) is 6. The predicted octanol–water partition coefficient (Wildman–Crippen LogP) is 3.23. The van der Waals surface area contributed by atoms with Crippen molar-refractivity contribution in [1.82, 2.24) is 14.8 Å². The number of carbonyl (C=O) groups is 2. The molecule has 8 nitrogen and oxygen atoms in total. The largest absolute Gasteiger partial charge is 0.496 e. The van der Waals surface area contributed by atoms with Gasteiger partial charge in [0.2, 0.25) is 5.91 Å². The van der Waals surface area contributed by atoms with Crippen LogP contribution in [0.1, 0.15) is 16.1 Å². The number of aromatic amines is 1. The van der Waals surface area contributed by atoms with Crippen molar-refractivity contribution in [3.8, 4) is 5.75 Å². The number of esters is 1. The summed E-state index contributed by atoms with van der Waals surface area (Å²) >= 11 is 0. The van der Waals surface area contributed by atoms with Crippen LogP contribution in [0.4, 0.5) is 5.69 Å². The Hall–Kier alpha value is -3.62. The number of methoxy groups -OCH3 is 2. The highest BCUT2D eigenvalue weighted by atomic mass is 16.5. The fourth-order valence-electron chi connectivity index (χ4n) is 4.18. The molecule has 0 spiro atoms. The monoisotopic (exact) mass is 462 g/mol. The van der Waals surface area contributed by atoms with E-state index >= 15 is 0 Å². The number of nitrogens with zero attached hydrogens (tertiary/aromatic N) is 2. The fourth-order valence-corrected chi connectivity index (χ4v) is 4.18. The molecule has 3 aromatic rings. The molecular formula is C26H30N4O4. The van der Waals surface area contributed by atoms with E-state index in [-0.39, 0.29) is 18.1 Å². The van der Waals surface area contributed by atoms with Crippen LogP contribution in [0.15, 0.2) is 54.6 Å². The Morgan fingerprint density at radius 3 is 2.44 bits per heavy atom. The molecule has 1 aliphatic heterocycles. The zero-order chi connectivity index (χ0) is 23.9. The van der Waals surface area contributed by atoms with Gasteiger partial charge in [-0.15, -0.1) is 0 Å². The minimum atomic E-state index is -0.550. The van der Waals surface area contributed by atoms with E-state index in [4.69, 9.17) is 9.47 Å². The van der Waals surface area contributed by atoms with Gasteiger partial charge in [-0.25, -0.2) is 4.79 Å². The number of carbonyl (C=O) groups excluding carboxylic acids is 2. The highest BCUT2D eigenvalue weighted by Gasteiger charge is 2.24. The highest BCUT2D eigenvalue weighted by Crippen LogP contribution is 2.35. The van der Waals surface area contributed by atoms with Crippen molar-refractivity contribution < 1.29 is 19.1 Å². The molecule has 1 aliphatic rings. The van der Waals surface area contributed by atoms with Gasteiger partial charge in [-0.2, -0.15) is 0 Å². The topological polar surface area (TPSA) is 86.9 Å². The van der Waals surface area contributed by atoms with Crippen LogP contribution in [0.3, 0.4) is 0 Å². The molecule has 0 unspecified atom stereocenters. The molecule has 2 heterocycles. The van der Waals surface area contributed by atoms with E-state index in [9.17, 15) is 9.59 Å². The summed E-state index contributed by atoms with van der Waals surface area (Å²) in [6.45, 7) is 4.51. The number of piperazine rings is 1. The number of aromatic nitrogens is 1. The van der Waals surface area contributed by atoms with Crippen LogP contribution in [0.25, 0.3) is 17.0 Å². The first-order valence-electron chi connectivity index (χ1n) is 11.3. The quantitative estimate of drug-likeness (QED) is 0.500. The van der Waals surface area contributed by atoms with Gasteiger partial charge in [0.1, 0.15) is 11.4 Å². The third-order valence-electron chi connectivity index (χ3n) is 5.97. The summed E-state index contributed by atoms with van der Waals surface area (Å²) in [5.41, 5.74) is 2.46. The molecule has 0 radical (unpaired) electrons. The maximum absolute atomic E-state index is 12.9. The number of benzene rings is 2. The average Bonchev–Trinajstić information content (AvgIpc) is 3.23. The number of amides is 1. The van der Waals surface area contributed by atoms with Crippen molar-refractivity contribution in [1.29, 1.82) is 0 Å². The lowest BCUT2D eigenvalue weighted by molar-refractivity contribution is -0.117. The lowest BCUT2D eigenvalue weighted by atomic mass is 10.2. The standard InChI is InChI=1S/C26H30N4O4/c1-33-21-12-6-11-20-23(21)24(25(27-20)26(32)34-2)28-22(31)18-30-16-14-29(15-17-30)13-7-10-19-8-4-3-5-9-19/h3-12,27H,13-18H2,1-2H3,(H,28,31)/b10-7+. The molecule has 0 bridgehead atoms. The second-order valence-corrected chi connectivity index (χ2v) is 8.19. The number of hydrogen-bond donors (Lipinski definition) is 2. The van der Waals surface area contributed by atoms with E-state index in [1.54, 1.807) is 13.2 Å². The molecule has 0 saturated carbocycles. The van der Waals surface area contributed by atoms with Crippen molar-refractivity contribution in [3.63, 3.8) is 0 Å². The van der Waals surface area contributed by atoms with Gasteiger partial charge >= 0.3 is 5.97 Å². The van der Waals surface area contributed by atoms with Crippen LogP contribution < -0.4 is 10.1 Å². The van der Waals surface area contributed by atoms with Crippen molar-refractivity contribution in [2.75, 3.05) is 58.8 Å². The first-order valence-corrected chi connectivity index (χ1v) is 11.3. The van der Waals surface area contributed by atoms with Crippen molar-refractivity contribution in [2.24, 2.45) is 0 Å². The van der Waals surface area contributed by atoms with Gasteiger partial charge in [-0.3, -0.25) is 14.6 Å². The lowest BCUT2D eigenvalue weighted by Crippen LogP contribution is -2.48. The van der Waals surface area contributed by atoms with Gasteiger partial charge in [0.25, 0.3) is 0 Å². The molecule has 1 aromatic heterocycles. The average molecular weight is 463 g/mol. The molecule has 2 aromatic carbocycles. The van der Waals surface area contributed by atoms with E-state index in [1.807, 2.05) is 30.3 Å². The van der Waals surface area contributed by atoms with E-state index in [0.29, 0.717) is 22.3 Å². The summed E-state index contributed by atoms with van der Waals surface area (Å²) in [4.78, 5) is 32.8. The number of anilines is 1.